The van der Waals surface area contributed by atoms with Gasteiger partial charge in [0.1, 0.15) is 5.82 Å². The summed E-state index contributed by atoms with van der Waals surface area (Å²) in [6.07, 6.45) is 1.88. The van der Waals surface area contributed by atoms with Crippen LogP contribution in [0, 0.1) is 5.82 Å². The van der Waals surface area contributed by atoms with E-state index in [1.54, 1.807) is 0 Å². The van der Waals surface area contributed by atoms with E-state index in [1.807, 2.05) is 0 Å². The van der Waals surface area contributed by atoms with Crippen LogP contribution in [-0.2, 0) is 14.6 Å². The first-order valence-corrected chi connectivity index (χ1v) is 7.40. The zero-order valence-electron chi connectivity index (χ0n) is 9.73. The summed E-state index contributed by atoms with van der Waals surface area (Å²) in [7, 11) is -3.51. The van der Waals surface area contributed by atoms with Gasteiger partial charge in [0.15, 0.2) is 9.84 Å². The lowest BCUT2D eigenvalue weighted by Gasteiger charge is -2.05. The van der Waals surface area contributed by atoms with Gasteiger partial charge in [-0.15, -0.1) is 0 Å². The van der Waals surface area contributed by atoms with E-state index in [0.29, 0.717) is 0 Å². The van der Waals surface area contributed by atoms with Crippen LogP contribution in [0.5, 0.6) is 0 Å². The molecule has 98 valence electrons. The average Bonchev–Trinajstić information content (AvgIpc) is 3.11. The largest absolute Gasteiger partial charge is 0.353 e. The molecule has 0 heterocycles. The molecule has 1 aliphatic rings. The van der Waals surface area contributed by atoms with Crippen molar-refractivity contribution in [1.29, 1.82) is 0 Å². The Bertz CT molecular complexity index is 535. The van der Waals surface area contributed by atoms with Gasteiger partial charge in [-0.1, -0.05) is 0 Å². The number of nitrogens with one attached hydrogen (secondary N) is 1. The van der Waals surface area contributed by atoms with Crippen molar-refractivity contribution < 1.29 is 17.6 Å². The normalized spacial score (nSPS) is 15.4. The van der Waals surface area contributed by atoms with Gasteiger partial charge in [-0.05, 0) is 37.1 Å². The third-order valence-corrected chi connectivity index (χ3v) is 4.45. The summed E-state index contributed by atoms with van der Waals surface area (Å²) in [6, 6.07) is 4.84. The molecule has 1 aromatic carbocycles. The van der Waals surface area contributed by atoms with E-state index >= 15 is 0 Å². The van der Waals surface area contributed by atoms with Crippen molar-refractivity contribution in [2.75, 3.05) is 5.75 Å². The minimum Gasteiger partial charge on any atom is -0.353 e. The fourth-order valence-corrected chi connectivity index (χ4v) is 2.75. The van der Waals surface area contributed by atoms with Gasteiger partial charge < -0.3 is 5.32 Å². The first-order valence-electron chi connectivity index (χ1n) is 5.75. The van der Waals surface area contributed by atoms with Crippen molar-refractivity contribution in [3.8, 4) is 0 Å². The van der Waals surface area contributed by atoms with Gasteiger partial charge in [-0.2, -0.15) is 0 Å². The van der Waals surface area contributed by atoms with Crippen LogP contribution in [0.2, 0.25) is 0 Å². The Labute approximate surface area is 105 Å². The van der Waals surface area contributed by atoms with Gasteiger partial charge in [-0.3, -0.25) is 4.79 Å². The molecule has 0 aromatic heterocycles. The quantitative estimate of drug-likeness (QED) is 0.820. The first-order chi connectivity index (χ1) is 8.47. The lowest BCUT2D eigenvalue weighted by Crippen LogP contribution is -2.27. The first kappa shape index (κ1) is 13.0. The smallest absolute Gasteiger partial charge is 0.221 e. The predicted molar refractivity (Wildman–Crippen MR) is 64.2 cm³/mol. The van der Waals surface area contributed by atoms with Crippen molar-refractivity contribution in [3.63, 3.8) is 0 Å². The maximum Gasteiger partial charge on any atom is 0.221 e. The minimum absolute atomic E-state index is 0.0446. The molecule has 1 N–H and O–H groups in total. The fourth-order valence-electron chi connectivity index (χ4n) is 1.51. The molecule has 0 unspecified atom stereocenters. The van der Waals surface area contributed by atoms with E-state index < -0.39 is 15.7 Å². The van der Waals surface area contributed by atoms with E-state index in [-0.39, 0.29) is 29.0 Å². The van der Waals surface area contributed by atoms with E-state index in [2.05, 4.69) is 5.32 Å². The van der Waals surface area contributed by atoms with Crippen molar-refractivity contribution in [3.05, 3.63) is 30.1 Å². The number of hydrogen-bond donors (Lipinski definition) is 1. The Morgan fingerprint density at radius 3 is 2.44 bits per heavy atom. The summed E-state index contributed by atoms with van der Waals surface area (Å²) in [5.41, 5.74) is 0. The second kappa shape index (κ2) is 5.06. The standard InChI is InChI=1S/C12H14FNO3S/c13-9-1-5-11(6-2-9)18(16,17)8-7-12(15)14-10-3-4-10/h1-2,5-6,10H,3-4,7-8H2,(H,14,15). The van der Waals surface area contributed by atoms with Gasteiger partial charge in [0.2, 0.25) is 5.91 Å². The Kier molecular flexibility index (Phi) is 3.65. The number of sulfone groups is 1. The highest BCUT2D eigenvalue weighted by molar-refractivity contribution is 7.91. The lowest BCUT2D eigenvalue weighted by atomic mass is 10.4. The fraction of sp³-hybridized carbons (Fsp3) is 0.417. The van der Waals surface area contributed by atoms with Crippen LogP contribution in [0.15, 0.2) is 29.2 Å². The third-order valence-electron chi connectivity index (χ3n) is 2.71. The second-order valence-corrected chi connectivity index (χ2v) is 6.47. The SMILES string of the molecule is O=C(CCS(=O)(=O)c1ccc(F)cc1)NC1CC1. The van der Waals surface area contributed by atoms with Crippen LogP contribution >= 0.6 is 0 Å². The van der Waals surface area contributed by atoms with Crippen LogP contribution in [0.3, 0.4) is 0 Å². The highest BCUT2D eigenvalue weighted by atomic mass is 32.2. The van der Waals surface area contributed by atoms with Crippen LogP contribution in [0.1, 0.15) is 19.3 Å². The molecule has 1 saturated carbocycles. The molecular weight excluding hydrogens is 257 g/mol. The molecule has 2 rings (SSSR count). The number of carbonyl (C=O) groups is 1. The van der Waals surface area contributed by atoms with Gasteiger partial charge in [-0.25, -0.2) is 12.8 Å². The van der Waals surface area contributed by atoms with E-state index in [1.165, 1.54) is 12.1 Å². The molecule has 1 aromatic rings. The molecule has 18 heavy (non-hydrogen) atoms. The van der Waals surface area contributed by atoms with Gasteiger partial charge in [0.25, 0.3) is 0 Å². The highest BCUT2D eigenvalue weighted by Gasteiger charge is 2.24. The predicted octanol–water partition coefficient (Wildman–Crippen LogP) is 1.27. The molecule has 0 bridgehead atoms. The summed E-state index contributed by atoms with van der Waals surface area (Å²) in [6.45, 7) is 0. The van der Waals surface area contributed by atoms with E-state index in [4.69, 9.17) is 0 Å². The molecule has 0 aliphatic heterocycles. The highest BCUT2D eigenvalue weighted by Crippen LogP contribution is 2.19. The topological polar surface area (TPSA) is 63.2 Å². The zero-order chi connectivity index (χ0) is 13.2. The number of hydrogen-bond acceptors (Lipinski definition) is 3. The van der Waals surface area contributed by atoms with Crippen molar-refractivity contribution in [2.24, 2.45) is 0 Å². The van der Waals surface area contributed by atoms with E-state index in [0.717, 1.165) is 25.0 Å². The Hall–Kier alpha value is -1.43. The molecule has 4 nitrogen and oxygen atoms in total. The lowest BCUT2D eigenvalue weighted by molar-refractivity contribution is -0.120. The molecule has 1 amide bonds. The summed E-state index contributed by atoms with van der Waals surface area (Å²) in [5.74, 6) is -0.986. The molecule has 6 heteroatoms. The van der Waals surface area contributed by atoms with Crippen molar-refractivity contribution in [2.45, 2.75) is 30.2 Å². The number of rotatable bonds is 5. The molecule has 0 spiro atoms. The van der Waals surface area contributed by atoms with Crippen LogP contribution in [0.4, 0.5) is 4.39 Å². The Morgan fingerprint density at radius 1 is 1.28 bits per heavy atom. The summed E-state index contributed by atoms with van der Waals surface area (Å²) in [4.78, 5) is 11.4. The molecule has 1 fully saturated rings. The Balaban J connectivity index is 1.94. The van der Waals surface area contributed by atoms with Gasteiger partial charge >= 0.3 is 0 Å². The van der Waals surface area contributed by atoms with Gasteiger partial charge in [0.05, 0.1) is 10.6 Å². The van der Waals surface area contributed by atoms with Crippen LogP contribution < -0.4 is 5.32 Å². The maximum absolute atomic E-state index is 12.7. The average molecular weight is 271 g/mol. The van der Waals surface area contributed by atoms with Crippen LogP contribution in [0.25, 0.3) is 0 Å². The molecular formula is C12H14FNO3S. The molecule has 1 aliphatic carbocycles. The van der Waals surface area contributed by atoms with Crippen LogP contribution in [-0.4, -0.2) is 26.1 Å². The number of amides is 1. The monoisotopic (exact) mass is 271 g/mol. The maximum atomic E-state index is 12.7. The van der Waals surface area contributed by atoms with Crippen molar-refractivity contribution >= 4 is 15.7 Å². The summed E-state index contributed by atoms with van der Waals surface area (Å²) < 4.78 is 36.4. The van der Waals surface area contributed by atoms with Gasteiger partial charge in [0, 0.05) is 12.5 Å². The number of benzene rings is 1. The zero-order valence-corrected chi connectivity index (χ0v) is 10.5. The second-order valence-electron chi connectivity index (χ2n) is 4.36. The molecule has 0 saturated heterocycles. The Morgan fingerprint density at radius 2 is 1.89 bits per heavy atom. The molecule has 0 atom stereocenters. The number of halogens is 1. The molecule has 0 radical (unpaired) electrons. The number of carbonyl (C=O) groups excluding carboxylic acids is 1. The van der Waals surface area contributed by atoms with E-state index in [9.17, 15) is 17.6 Å². The summed E-state index contributed by atoms with van der Waals surface area (Å²) >= 11 is 0. The summed E-state index contributed by atoms with van der Waals surface area (Å²) in [5, 5.41) is 2.72. The third kappa shape index (κ3) is 3.53. The minimum atomic E-state index is -3.51. The van der Waals surface area contributed by atoms with Crippen molar-refractivity contribution in [1.82, 2.24) is 5.32 Å².